The van der Waals surface area contributed by atoms with Gasteiger partial charge in [0.25, 0.3) is 0 Å². The molecule has 41 heavy (non-hydrogen) atoms. The van der Waals surface area contributed by atoms with Crippen LogP contribution in [0.3, 0.4) is 0 Å². The fourth-order valence-electron chi connectivity index (χ4n) is 7.11. The zero-order valence-corrected chi connectivity index (χ0v) is 24.6. The number of fused-ring (bicyclic) bond motifs is 1. The van der Waals surface area contributed by atoms with Gasteiger partial charge in [-0.3, -0.25) is 14.4 Å². The van der Waals surface area contributed by atoms with E-state index in [-0.39, 0.29) is 24.3 Å². The Morgan fingerprint density at radius 2 is 1.78 bits per heavy atom. The van der Waals surface area contributed by atoms with Crippen LogP contribution in [0.4, 0.5) is 5.69 Å². The number of hydrogen-bond acceptors (Lipinski definition) is 5. The average Bonchev–Trinajstić information content (AvgIpc) is 3.62. The molecule has 0 radical (unpaired) electrons. The molecular formula is C33H47N3O5. The van der Waals surface area contributed by atoms with Crippen molar-refractivity contribution in [1.82, 2.24) is 9.80 Å². The van der Waals surface area contributed by atoms with Crippen LogP contribution in [0.1, 0.15) is 64.7 Å². The number of rotatable bonds is 17. The Hall–Kier alpha value is -2.97. The van der Waals surface area contributed by atoms with E-state index in [0.717, 1.165) is 44.2 Å². The number of ether oxygens (including phenoxy) is 1. The molecule has 3 aliphatic heterocycles. The zero-order chi connectivity index (χ0) is 29.4. The molecule has 1 aromatic rings. The van der Waals surface area contributed by atoms with Crippen LogP contribution in [0, 0.1) is 11.8 Å². The first-order valence-electron chi connectivity index (χ1n) is 15.4. The molecule has 1 N–H and O–H groups in total. The molecule has 1 spiro atoms. The minimum atomic E-state index is -1.01. The second-order valence-electron chi connectivity index (χ2n) is 11.6. The summed E-state index contributed by atoms with van der Waals surface area (Å²) < 4.78 is 6.67. The first-order valence-corrected chi connectivity index (χ1v) is 15.4. The quantitative estimate of drug-likeness (QED) is 0.224. The van der Waals surface area contributed by atoms with E-state index in [4.69, 9.17) is 4.74 Å². The van der Waals surface area contributed by atoms with Crippen LogP contribution in [0.25, 0.3) is 0 Å². The highest BCUT2D eigenvalue weighted by Gasteiger charge is 2.74. The number of carbonyl (C=O) groups is 3. The van der Waals surface area contributed by atoms with Crippen LogP contribution in [-0.2, 0) is 19.1 Å². The summed E-state index contributed by atoms with van der Waals surface area (Å²) in [6.07, 6.45) is 10.3. The zero-order valence-electron chi connectivity index (χ0n) is 24.6. The first-order chi connectivity index (χ1) is 19.9. The molecule has 2 unspecified atom stereocenters. The number of benzene rings is 1. The lowest BCUT2D eigenvalue weighted by Crippen LogP contribution is -2.56. The van der Waals surface area contributed by atoms with Crippen molar-refractivity contribution in [2.75, 3.05) is 37.7 Å². The number of amides is 3. The van der Waals surface area contributed by atoms with Crippen molar-refractivity contribution in [1.29, 1.82) is 0 Å². The van der Waals surface area contributed by atoms with Crippen molar-refractivity contribution in [2.24, 2.45) is 11.8 Å². The normalized spacial score (nSPS) is 26.2. The number of hydrogen-bond donors (Lipinski definition) is 1. The Balaban J connectivity index is 1.67. The third-order valence-electron chi connectivity index (χ3n) is 8.96. The van der Waals surface area contributed by atoms with Crippen LogP contribution in [-0.4, -0.2) is 83.2 Å². The van der Waals surface area contributed by atoms with E-state index in [1.165, 1.54) is 0 Å². The van der Waals surface area contributed by atoms with Gasteiger partial charge in [-0.2, -0.15) is 0 Å². The minimum absolute atomic E-state index is 0.105. The molecule has 8 nitrogen and oxygen atoms in total. The summed E-state index contributed by atoms with van der Waals surface area (Å²) in [5.74, 6) is -1.75. The third kappa shape index (κ3) is 6.14. The Morgan fingerprint density at radius 1 is 1.05 bits per heavy atom. The molecule has 3 aliphatic rings. The van der Waals surface area contributed by atoms with E-state index in [9.17, 15) is 19.5 Å². The van der Waals surface area contributed by atoms with Gasteiger partial charge in [0.1, 0.15) is 11.6 Å². The first kappa shape index (κ1) is 31.0. The van der Waals surface area contributed by atoms with E-state index in [0.29, 0.717) is 45.4 Å². The number of likely N-dealkylation sites (tertiary alicyclic amines) is 1. The highest BCUT2D eigenvalue weighted by atomic mass is 16.5. The van der Waals surface area contributed by atoms with E-state index >= 15 is 0 Å². The molecule has 0 aromatic heterocycles. The Kier molecular flexibility index (Phi) is 10.8. The number of aliphatic hydroxyl groups is 1. The SMILES string of the molecule is C=CCN(CCCCC)C(=O)C1N(CCCCCCO)C(=O)[C@@H]2[C@@H](C(=O)N(CC=C)c3ccccc3)[C@H]3CCC12O3. The maximum absolute atomic E-state index is 14.3. The van der Waals surface area contributed by atoms with Crippen LogP contribution in [0.2, 0.25) is 0 Å². The van der Waals surface area contributed by atoms with Gasteiger partial charge in [0.2, 0.25) is 17.7 Å². The van der Waals surface area contributed by atoms with E-state index in [1.54, 1.807) is 22.0 Å². The average molecular weight is 566 g/mol. The Bertz CT molecular complexity index is 1080. The maximum Gasteiger partial charge on any atom is 0.248 e. The number of para-hydroxylation sites is 1. The molecule has 3 heterocycles. The molecular weight excluding hydrogens is 518 g/mol. The Morgan fingerprint density at radius 3 is 2.46 bits per heavy atom. The van der Waals surface area contributed by atoms with Crippen molar-refractivity contribution in [3.63, 3.8) is 0 Å². The summed E-state index contributed by atoms with van der Waals surface area (Å²) in [5, 5.41) is 9.18. The molecule has 4 rings (SSSR count). The number of aliphatic hydroxyl groups excluding tert-OH is 1. The van der Waals surface area contributed by atoms with Crippen LogP contribution in [0.15, 0.2) is 55.6 Å². The van der Waals surface area contributed by atoms with E-state index in [2.05, 4.69) is 20.1 Å². The van der Waals surface area contributed by atoms with E-state index < -0.39 is 29.6 Å². The van der Waals surface area contributed by atoms with Gasteiger partial charge in [0.05, 0.1) is 17.9 Å². The monoisotopic (exact) mass is 565 g/mol. The number of nitrogens with zero attached hydrogens (tertiary/aromatic N) is 3. The highest BCUT2D eigenvalue weighted by molar-refractivity contribution is 6.03. The van der Waals surface area contributed by atoms with Gasteiger partial charge in [0.15, 0.2) is 0 Å². The summed E-state index contributed by atoms with van der Waals surface area (Å²) >= 11 is 0. The van der Waals surface area contributed by atoms with Crippen LogP contribution in [0.5, 0.6) is 0 Å². The molecule has 3 amide bonds. The molecule has 3 fully saturated rings. The number of unbranched alkanes of at least 4 members (excludes halogenated alkanes) is 5. The molecule has 8 heteroatoms. The lowest BCUT2D eigenvalue weighted by atomic mass is 9.70. The predicted molar refractivity (Wildman–Crippen MR) is 160 cm³/mol. The largest absolute Gasteiger partial charge is 0.396 e. The van der Waals surface area contributed by atoms with Crippen LogP contribution < -0.4 is 4.90 Å². The van der Waals surface area contributed by atoms with Crippen LogP contribution >= 0.6 is 0 Å². The van der Waals surface area contributed by atoms with Gasteiger partial charge in [-0.15, -0.1) is 13.2 Å². The van der Waals surface area contributed by atoms with Gasteiger partial charge in [-0.05, 0) is 44.2 Å². The summed E-state index contributed by atoms with van der Waals surface area (Å²) in [6.45, 7) is 11.8. The maximum atomic E-state index is 14.3. The fourth-order valence-corrected chi connectivity index (χ4v) is 7.11. The smallest absolute Gasteiger partial charge is 0.248 e. The van der Waals surface area contributed by atoms with Gasteiger partial charge in [0, 0.05) is 38.5 Å². The van der Waals surface area contributed by atoms with Gasteiger partial charge < -0.3 is 24.5 Å². The summed E-state index contributed by atoms with van der Waals surface area (Å²) in [6, 6.07) is 8.69. The van der Waals surface area contributed by atoms with Gasteiger partial charge in [-0.25, -0.2) is 0 Å². The standard InChI is InChI=1S/C33H47N3O5/c1-4-7-13-22-34(20-5-2)32(40)29-33-19-18-26(41-33)27(28(33)31(39)36(29)23-14-8-9-15-24-37)30(38)35(21-6-3)25-16-11-10-12-17-25/h5-6,10-12,16-17,26-29,37H,2-4,7-9,13-15,18-24H2,1H3/t26-,27+,28+,29?,33?/m1/s1. The second kappa shape index (κ2) is 14.3. The lowest BCUT2D eigenvalue weighted by molar-refractivity contribution is -0.147. The molecule has 3 saturated heterocycles. The summed E-state index contributed by atoms with van der Waals surface area (Å²) in [4.78, 5) is 48.1. The number of carbonyl (C=O) groups excluding carboxylic acids is 3. The van der Waals surface area contributed by atoms with E-state index in [1.807, 2.05) is 35.2 Å². The highest BCUT2D eigenvalue weighted by Crippen LogP contribution is 2.59. The number of anilines is 1. The van der Waals surface area contributed by atoms with Crippen molar-refractivity contribution >= 4 is 23.4 Å². The van der Waals surface area contributed by atoms with Crippen molar-refractivity contribution < 1.29 is 24.2 Å². The molecule has 1 aromatic carbocycles. The molecule has 2 bridgehead atoms. The molecule has 5 atom stereocenters. The van der Waals surface area contributed by atoms with Gasteiger partial charge in [-0.1, -0.05) is 63.0 Å². The Labute approximate surface area is 245 Å². The lowest BCUT2D eigenvalue weighted by Gasteiger charge is -2.37. The summed E-state index contributed by atoms with van der Waals surface area (Å²) in [5.41, 5.74) is -0.258. The van der Waals surface area contributed by atoms with Crippen molar-refractivity contribution in [2.45, 2.75) is 82.5 Å². The fraction of sp³-hybridized carbons (Fsp3) is 0.606. The molecule has 0 saturated carbocycles. The van der Waals surface area contributed by atoms with Gasteiger partial charge >= 0.3 is 0 Å². The summed E-state index contributed by atoms with van der Waals surface area (Å²) in [7, 11) is 0. The molecule has 224 valence electrons. The minimum Gasteiger partial charge on any atom is -0.396 e. The second-order valence-corrected chi connectivity index (χ2v) is 11.6. The van der Waals surface area contributed by atoms with Crippen molar-refractivity contribution in [3.05, 3.63) is 55.6 Å². The van der Waals surface area contributed by atoms with Crippen molar-refractivity contribution in [3.8, 4) is 0 Å². The predicted octanol–water partition coefficient (Wildman–Crippen LogP) is 4.34. The molecule has 0 aliphatic carbocycles. The third-order valence-corrected chi connectivity index (χ3v) is 8.96. The topological polar surface area (TPSA) is 90.4 Å².